The van der Waals surface area contributed by atoms with Crippen LogP contribution >= 0.6 is 0 Å². The van der Waals surface area contributed by atoms with Crippen LogP contribution in [0.2, 0.25) is 0 Å². The summed E-state index contributed by atoms with van der Waals surface area (Å²) in [6, 6.07) is 11.8. The first-order valence-corrected chi connectivity index (χ1v) is 8.85. The third-order valence-corrected chi connectivity index (χ3v) is 4.45. The van der Waals surface area contributed by atoms with Crippen LogP contribution in [0.3, 0.4) is 0 Å². The summed E-state index contributed by atoms with van der Waals surface area (Å²) in [5.74, 6) is 1.20. The Morgan fingerprint density at radius 3 is 2.74 bits per heavy atom. The number of ether oxygens (including phenoxy) is 2. The summed E-state index contributed by atoms with van der Waals surface area (Å²) in [6.45, 7) is 1.13. The van der Waals surface area contributed by atoms with Crippen molar-refractivity contribution in [2.75, 3.05) is 34.0 Å². The normalized spacial score (nSPS) is 13.5. The summed E-state index contributed by atoms with van der Waals surface area (Å²) in [4.78, 5) is 14.0. The van der Waals surface area contributed by atoms with Crippen molar-refractivity contribution < 1.29 is 18.7 Å². The number of urea groups is 1. The Hall–Kier alpha value is -2.80. The van der Waals surface area contributed by atoms with Gasteiger partial charge in [-0.1, -0.05) is 18.2 Å². The number of amides is 2. The first-order chi connectivity index (χ1) is 13.0. The van der Waals surface area contributed by atoms with Crippen molar-refractivity contribution in [2.24, 2.45) is 0 Å². The molecule has 0 spiro atoms. The van der Waals surface area contributed by atoms with Gasteiger partial charge in [0.15, 0.2) is 11.5 Å². The zero-order valence-electron chi connectivity index (χ0n) is 15.5. The molecule has 0 saturated heterocycles. The highest BCUT2D eigenvalue weighted by Crippen LogP contribution is 2.32. The highest BCUT2D eigenvalue weighted by Gasteiger charge is 2.16. The molecule has 1 unspecified atom stereocenters. The largest absolute Gasteiger partial charge is 0.454 e. The average Bonchev–Trinajstić information content (AvgIpc) is 3.09. The summed E-state index contributed by atoms with van der Waals surface area (Å²) in [5, 5.41) is 5.69. The minimum absolute atomic E-state index is 0.111. The van der Waals surface area contributed by atoms with Gasteiger partial charge in [-0.3, -0.25) is 0 Å². The summed E-state index contributed by atoms with van der Waals surface area (Å²) in [6.07, 6.45) is 0.686. The number of nitrogens with one attached hydrogen (secondary N) is 2. The molecular formula is C20H24FN3O3. The highest BCUT2D eigenvalue weighted by atomic mass is 19.1. The summed E-state index contributed by atoms with van der Waals surface area (Å²) < 4.78 is 24.1. The Labute approximate surface area is 158 Å². The average molecular weight is 373 g/mol. The topological polar surface area (TPSA) is 62.8 Å². The number of hydrogen-bond acceptors (Lipinski definition) is 4. The lowest BCUT2D eigenvalue weighted by molar-refractivity contribution is 0.174. The fourth-order valence-electron chi connectivity index (χ4n) is 2.98. The fraction of sp³-hybridized carbons (Fsp3) is 0.350. The van der Waals surface area contributed by atoms with Gasteiger partial charge in [-0.2, -0.15) is 0 Å². The molecule has 1 aliphatic rings. The molecule has 3 rings (SSSR count). The molecule has 2 aromatic rings. The molecule has 0 fully saturated rings. The van der Waals surface area contributed by atoms with Gasteiger partial charge in [0.05, 0.1) is 6.04 Å². The number of carbonyl (C=O) groups excluding carboxylic acids is 1. The van der Waals surface area contributed by atoms with Gasteiger partial charge in [0.1, 0.15) is 5.82 Å². The number of nitrogens with zero attached hydrogens (tertiary/aromatic N) is 1. The van der Waals surface area contributed by atoms with Crippen molar-refractivity contribution in [3.05, 3.63) is 59.4 Å². The molecule has 1 aliphatic heterocycles. The van der Waals surface area contributed by atoms with Gasteiger partial charge >= 0.3 is 6.03 Å². The summed E-state index contributed by atoms with van der Waals surface area (Å²) >= 11 is 0. The molecule has 6 nitrogen and oxygen atoms in total. The molecule has 0 aliphatic carbocycles. The van der Waals surface area contributed by atoms with Crippen LogP contribution in [-0.4, -0.2) is 44.9 Å². The Bertz CT molecular complexity index is 798. The lowest BCUT2D eigenvalue weighted by Crippen LogP contribution is -2.41. The van der Waals surface area contributed by atoms with Gasteiger partial charge < -0.3 is 25.0 Å². The molecule has 0 aromatic heterocycles. The highest BCUT2D eigenvalue weighted by molar-refractivity contribution is 5.73. The molecule has 1 heterocycles. The first-order valence-electron chi connectivity index (χ1n) is 8.85. The van der Waals surface area contributed by atoms with Gasteiger partial charge in [0, 0.05) is 13.1 Å². The fourth-order valence-corrected chi connectivity index (χ4v) is 2.98. The molecule has 0 bridgehead atoms. The van der Waals surface area contributed by atoms with E-state index >= 15 is 0 Å². The van der Waals surface area contributed by atoms with Crippen LogP contribution < -0.4 is 20.1 Å². The Morgan fingerprint density at radius 2 is 1.96 bits per heavy atom. The molecule has 2 amide bonds. The summed E-state index contributed by atoms with van der Waals surface area (Å²) in [5.41, 5.74) is 1.88. The number of likely N-dealkylation sites (N-methyl/N-ethyl adjacent to an activating group) is 1. The molecule has 144 valence electrons. The second-order valence-corrected chi connectivity index (χ2v) is 6.61. The Balaban J connectivity index is 1.45. The summed E-state index contributed by atoms with van der Waals surface area (Å²) in [7, 11) is 3.80. The lowest BCUT2D eigenvalue weighted by Gasteiger charge is -2.25. The van der Waals surface area contributed by atoms with E-state index in [0.717, 1.165) is 22.6 Å². The molecule has 27 heavy (non-hydrogen) atoms. The molecule has 2 aromatic carbocycles. The molecule has 1 atom stereocenters. The van der Waals surface area contributed by atoms with Crippen molar-refractivity contribution in [3.63, 3.8) is 0 Å². The Kier molecular flexibility index (Phi) is 6.13. The first kappa shape index (κ1) is 19.0. The number of rotatable bonds is 7. The third kappa shape index (κ3) is 5.10. The van der Waals surface area contributed by atoms with Crippen molar-refractivity contribution in [3.8, 4) is 11.5 Å². The van der Waals surface area contributed by atoms with Crippen LogP contribution in [0.1, 0.15) is 17.2 Å². The van der Waals surface area contributed by atoms with Crippen LogP contribution in [0, 0.1) is 5.82 Å². The lowest BCUT2D eigenvalue weighted by atomic mass is 10.1. The second kappa shape index (κ2) is 8.73. The number of carbonyl (C=O) groups is 1. The van der Waals surface area contributed by atoms with E-state index in [1.807, 2.05) is 43.3 Å². The van der Waals surface area contributed by atoms with E-state index in [1.165, 1.54) is 12.1 Å². The van der Waals surface area contributed by atoms with Crippen molar-refractivity contribution in [1.29, 1.82) is 0 Å². The minimum atomic E-state index is -0.285. The van der Waals surface area contributed by atoms with Crippen molar-refractivity contribution >= 4 is 6.03 Å². The van der Waals surface area contributed by atoms with Gasteiger partial charge in [0.25, 0.3) is 0 Å². The van der Waals surface area contributed by atoms with E-state index < -0.39 is 0 Å². The zero-order valence-corrected chi connectivity index (χ0v) is 15.5. The molecule has 7 heteroatoms. The van der Waals surface area contributed by atoms with E-state index in [9.17, 15) is 9.18 Å². The van der Waals surface area contributed by atoms with Crippen molar-refractivity contribution in [2.45, 2.75) is 12.5 Å². The van der Waals surface area contributed by atoms with E-state index in [1.54, 1.807) is 6.07 Å². The van der Waals surface area contributed by atoms with E-state index in [0.29, 0.717) is 19.5 Å². The minimum Gasteiger partial charge on any atom is -0.454 e. The van der Waals surface area contributed by atoms with Crippen LogP contribution in [0.25, 0.3) is 0 Å². The second-order valence-electron chi connectivity index (χ2n) is 6.61. The van der Waals surface area contributed by atoms with Crippen LogP contribution in [-0.2, 0) is 6.42 Å². The zero-order chi connectivity index (χ0) is 19.2. The quantitative estimate of drug-likeness (QED) is 0.783. The molecule has 2 N–H and O–H groups in total. The smallest absolute Gasteiger partial charge is 0.314 e. The third-order valence-electron chi connectivity index (χ3n) is 4.45. The Morgan fingerprint density at radius 1 is 1.15 bits per heavy atom. The van der Waals surface area contributed by atoms with Crippen LogP contribution in [0.4, 0.5) is 9.18 Å². The molecule has 0 radical (unpaired) electrons. The van der Waals surface area contributed by atoms with Gasteiger partial charge in [-0.15, -0.1) is 0 Å². The number of hydrogen-bond donors (Lipinski definition) is 2. The number of fused-ring (bicyclic) bond motifs is 1. The van der Waals surface area contributed by atoms with E-state index in [2.05, 4.69) is 10.6 Å². The van der Waals surface area contributed by atoms with E-state index in [4.69, 9.17) is 9.47 Å². The van der Waals surface area contributed by atoms with Crippen molar-refractivity contribution in [1.82, 2.24) is 15.5 Å². The standard InChI is InChI=1S/C20H24FN3O3/c1-24(2)17(15-4-3-5-16(21)11-15)12-23-20(25)22-9-8-14-6-7-18-19(10-14)27-13-26-18/h3-7,10-11,17H,8-9,12-13H2,1-2H3,(H2,22,23,25). The predicted molar refractivity (Wildman–Crippen MR) is 100 cm³/mol. The number of benzene rings is 2. The maximum atomic E-state index is 13.5. The van der Waals surface area contributed by atoms with E-state index in [-0.39, 0.29) is 24.7 Å². The molecule has 0 saturated carbocycles. The van der Waals surface area contributed by atoms with Gasteiger partial charge in [0.2, 0.25) is 6.79 Å². The predicted octanol–water partition coefficient (Wildman–Crippen LogP) is 2.70. The number of halogens is 1. The van der Waals surface area contributed by atoms with Gasteiger partial charge in [-0.05, 0) is 55.9 Å². The SMILES string of the molecule is CN(C)C(CNC(=O)NCCc1ccc2c(c1)OCO2)c1cccc(F)c1. The monoisotopic (exact) mass is 373 g/mol. The maximum Gasteiger partial charge on any atom is 0.314 e. The van der Waals surface area contributed by atoms with Gasteiger partial charge in [-0.25, -0.2) is 9.18 Å². The molecular weight excluding hydrogens is 349 g/mol. The van der Waals surface area contributed by atoms with Crippen LogP contribution in [0.5, 0.6) is 11.5 Å². The van der Waals surface area contributed by atoms with Crippen LogP contribution in [0.15, 0.2) is 42.5 Å². The maximum absolute atomic E-state index is 13.5.